The van der Waals surface area contributed by atoms with Gasteiger partial charge in [-0.15, -0.1) is 0 Å². The quantitative estimate of drug-likeness (QED) is 0.792. The van der Waals surface area contributed by atoms with Gasteiger partial charge in [-0.05, 0) is 45.4 Å². The Bertz CT molecular complexity index is 689. The number of likely N-dealkylation sites (tertiary alicyclic amines) is 1. The van der Waals surface area contributed by atoms with Crippen LogP contribution in [0.25, 0.3) is 0 Å². The molecule has 142 valence electrons. The van der Waals surface area contributed by atoms with Crippen molar-refractivity contribution in [2.24, 2.45) is 23.2 Å². The average molecular weight is 359 g/mol. The Morgan fingerprint density at radius 3 is 2.42 bits per heavy atom. The fourth-order valence-corrected chi connectivity index (χ4v) is 5.74. The summed E-state index contributed by atoms with van der Waals surface area (Å²) >= 11 is 0. The molecule has 1 amide bonds. The van der Waals surface area contributed by atoms with Crippen LogP contribution >= 0.6 is 0 Å². The van der Waals surface area contributed by atoms with E-state index in [1.54, 1.807) is 0 Å². The van der Waals surface area contributed by atoms with Gasteiger partial charge in [0, 0.05) is 56.6 Å². The minimum atomic E-state index is 0.320. The van der Waals surface area contributed by atoms with E-state index in [1.807, 2.05) is 11.8 Å². The monoisotopic (exact) mass is 359 g/mol. The topological polar surface area (TPSA) is 65.7 Å². The first-order valence-corrected chi connectivity index (χ1v) is 10.1. The van der Waals surface area contributed by atoms with E-state index >= 15 is 0 Å². The minimum absolute atomic E-state index is 0.320. The maximum Gasteiger partial charge on any atom is 0.324 e. The number of aryl methyl sites for hydroxylation is 1. The van der Waals surface area contributed by atoms with Crippen LogP contribution in [0.3, 0.4) is 0 Å². The van der Waals surface area contributed by atoms with E-state index in [2.05, 4.69) is 33.8 Å². The van der Waals surface area contributed by atoms with Crippen molar-refractivity contribution in [1.82, 2.24) is 19.9 Å². The van der Waals surface area contributed by atoms with Crippen LogP contribution in [0, 0.1) is 30.1 Å². The summed E-state index contributed by atoms with van der Waals surface area (Å²) in [4.78, 5) is 23.7. The van der Waals surface area contributed by atoms with Crippen LogP contribution in [0.2, 0.25) is 0 Å². The van der Waals surface area contributed by atoms with E-state index in [0.29, 0.717) is 40.9 Å². The van der Waals surface area contributed by atoms with E-state index in [9.17, 15) is 4.79 Å². The molecule has 0 radical (unpaired) electrons. The highest BCUT2D eigenvalue weighted by Crippen LogP contribution is 2.57. The molecule has 2 saturated heterocycles. The van der Waals surface area contributed by atoms with Crippen molar-refractivity contribution in [3.05, 3.63) is 5.82 Å². The second kappa shape index (κ2) is 5.68. The highest BCUT2D eigenvalue weighted by Gasteiger charge is 2.63. The lowest BCUT2D eigenvalue weighted by Gasteiger charge is -2.60. The van der Waals surface area contributed by atoms with Gasteiger partial charge in [-0.3, -0.25) is 9.69 Å². The summed E-state index contributed by atoms with van der Waals surface area (Å²) in [5.74, 6) is 2.68. The van der Waals surface area contributed by atoms with Crippen LogP contribution in [0.4, 0.5) is 6.01 Å². The van der Waals surface area contributed by atoms with Gasteiger partial charge in [0.25, 0.3) is 0 Å². The average Bonchev–Trinajstić information content (AvgIpc) is 2.88. The van der Waals surface area contributed by atoms with Crippen LogP contribution < -0.4 is 4.90 Å². The van der Waals surface area contributed by atoms with Gasteiger partial charge < -0.3 is 14.3 Å². The molecule has 2 aliphatic heterocycles. The second-order valence-electron chi connectivity index (χ2n) is 8.86. The lowest BCUT2D eigenvalue weighted by atomic mass is 9.60. The molecule has 1 unspecified atom stereocenters. The van der Waals surface area contributed by atoms with Gasteiger partial charge in [0.1, 0.15) is 0 Å². The number of amides is 1. The SMILES string of the molecule is CCN(CC)C(=O)C1[C@H]2CN(C3CC4(C3)CN(c3nc(C)no3)C4)C[C@@H]12. The third kappa shape index (κ3) is 2.39. The number of rotatable bonds is 5. The van der Waals surface area contributed by atoms with Gasteiger partial charge in [0.2, 0.25) is 5.91 Å². The third-order valence-corrected chi connectivity index (χ3v) is 7.28. The predicted molar refractivity (Wildman–Crippen MR) is 96.7 cm³/mol. The van der Waals surface area contributed by atoms with Crippen molar-refractivity contribution in [2.75, 3.05) is 44.2 Å². The summed E-state index contributed by atoms with van der Waals surface area (Å²) in [6, 6.07) is 1.40. The summed E-state index contributed by atoms with van der Waals surface area (Å²) in [7, 11) is 0. The number of hydrogen-bond donors (Lipinski definition) is 0. The van der Waals surface area contributed by atoms with Crippen LogP contribution in [0.5, 0.6) is 0 Å². The number of aromatic nitrogens is 2. The van der Waals surface area contributed by atoms with E-state index in [4.69, 9.17) is 4.52 Å². The number of carbonyl (C=O) groups is 1. The molecule has 1 aromatic rings. The summed E-state index contributed by atoms with van der Waals surface area (Å²) < 4.78 is 5.27. The summed E-state index contributed by atoms with van der Waals surface area (Å²) in [5, 5.41) is 3.88. The molecule has 0 bridgehead atoms. The zero-order valence-electron chi connectivity index (χ0n) is 16.0. The summed E-state index contributed by atoms with van der Waals surface area (Å²) in [5.41, 5.74) is 0.469. The van der Waals surface area contributed by atoms with Crippen molar-refractivity contribution in [1.29, 1.82) is 0 Å². The summed E-state index contributed by atoms with van der Waals surface area (Å²) in [6.45, 7) is 12.1. The zero-order chi connectivity index (χ0) is 18.1. The molecular formula is C19H29N5O2. The first-order valence-electron chi connectivity index (χ1n) is 10.1. The molecule has 4 fully saturated rings. The van der Waals surface area contributed by atoms with Crippen molar-refractivity contribution in [2.45, 2.75) is 39.7 Å². The molecule has 0 N–H and O–H groups in total. The Hall–Kier alpha value is -1.63. The van der Waals surface area contributed by atoms with Gasteiger partial charge in [0.05, 0.1) is 0 Å². The van der Waals surface area contributed by atoms with Gasteiger partial charge >= 0.3 is 6.01 Å². The molecule has 2 saturated carbocycles. The smallest absolute Gasteiger partial charge is 0.324 e. The molecule has 2 aliphatic carbocycles. The molecule has 1 spiro atoms. The highest BCUT2D eigenvalue weighted by molar-refractivity contribution is 5.82. The third-order valence-electron chi connectivity index (χ3n) is 7.28. The van der Waals surface area contributed by atoms with Gasteiger partial charge in [0.15, 0.2) is 5.82 Å². The van der Waals surface area contributed by atoms with Crippen molar-refractivity contribution < 1.29 is 9.32 Å². The standard InChI is InChI=1S/C19H29N5O2/c1-4-22(5-2)17(25)16-14-8-23(9-15(14)16)13-6-19(7-13)10-24(11-19)18-20-12(3)21-26-18/h13-16H,4-11H2,1-3H3/t14-,15+,16?. The van der Waals surface area contributed by atoms with Gasteiger partial charge in [-0.1, -0.05) is 5.16 Å². The predicted octanol–water partition coefficient (Wildman–Crippen LogP) is 1.39. The van der Waals surface area contributed by atoms with Crippen molar-refractivity contribution >= 4 is 11.9 Å². The number of fused-ring (bicyclic) bond motifs is 1. The normalized spacial score (nSPS) is 32.3. The number of nitrogens with zero attached hydrogens (tertiary/aromatic N) is 5. The van der Waals surface area contributed by atoms with Crippen LogP contribution in [-0.4, -0.2) is 71.2 Å². The van der Waals surface area contributed by atoms with Crippen molar-refractivity contribution in [3.8, 4) is 0 Å². The molecule has 7 heteroatoms. The lowest BCUT2D eigenvalue weighted by molar-refractivity contribution is -0.133. The van der Waals surface area contributed by atoms with Gasteiger partial charge in [-0.2, -0.15) is 4.98 Å². The summed E-state index contributed by atoms with van der Waals surface area (Å²) in [6.07, 6.45) is 2.56. The largest absolute Gasteiger partial charge is 0.343 e. The molecule has 3 heterocycles. The molecule has 26 heavy (non-hydrogen) atoms. The number of hydrogen-bond acceptors (Lipinski definition) is 6. The highest BCUT2D eigenvalue weighted by atomic mass is 16.5. The Kier molecular flexibility index (Phi) is 3.61. The number of piperidine rings is 1. The Labute approximate surface area is 154 Å². The fraction of sp³-hybridized carbons (Fsp3) is 0.842. The first kappa shape index (κ1) is 16.5. The van der Waals surface area contributed by atoms with Crippen LogP contribution in [-0.2, 0) is 4.79 Å². The van der Waals surface area contributed by atoms with E-state index in [1.165, 1.54) is 12.8 Å². The van der Waals surface area contributed by atoms with Crippen LogP contribution in [0.1, 0.15) is 32.5 Å². The lowest BCUT2D eigenvalue weighted by Crippen LogP contribution is -2.66. The van der Waals surface area contributed by atoms with Gasteiger partial charge in [-0.25, -0.2) is 0 Å². The molecule has 7 nitrogen and oxygen atoms in total. The maximum absolute atomic E-state index is 12.6. The van der Waals surface area contributed by atoms with E-state index in [0.717, 1.165) is 45.3 Å². The Balaban J connectivity index is 1.09. The van der Waals surface area contributed by atoms with E-state index < -0.39 is 0 Å². The zero-order valence-corrected chi connectivity index (χ0v) is 16.0. The molecule has 3 atom stereocenters. The molecular weight excluding hydrogens is 330 g/mol. The van der Waals surface area contributed by atoms with E-state index in [-0.39, 0.29) is 0 Å². The molecule has 5 rings (SSSR count). The molecule has 4 aliphatic rings. The number of carbonyl (C=O) groups excluding carboxylic acids is 1. The second-order valence-corrected chi connectivity index (χ2v) is 8.86. The first-order chi connectivity index (χ1) is 12.5. The van der Waals surface area contributed by atoms with Crippen LogP contribution in [0.15, 0.2) is 4.52 Å². The van der Waals surface area contributed by atoms with Crippen molar-refractivity contribution in [3.63, 3.8) is 0 Å². The number of anilines is 1. The maximum atomic E-state index is 12.6. The Morgan fingerprint density at radius 1 is 1.23 bits per heavy atom. The fourth-order valence-electron chi connectivity index (χ4n) is 5.74. The Morgan fingerprint density at radius 2 is 1.88 bits per heavy atom. The molecule has 1 aromatic heterocycles. The minimum Gasteiger partial charge on any atom is -0.343 e. The molecule has 0 aromatic carbocycles.